The molecule has 0 heterocycles. The van der Waals surface area contributed by atoms with Crippen molar-refractivity contribution in [1.29, 1.82) is 0 Å². The molecule has 1 rings (SSSR count). The fourth-order valence-corrected chi connectivity index (χ4v) is 1.90. The molecule has 0 unspecified atom stereocenters. The van der Waals surface area contributed by atoms with E-state index in [-0.39, 0.29) is 10.7 Å². The van der Waals surface area contributed by atoms with Crippen LogP contribution in [0.2, 0.25) is 5.02 Å². The van der Waals surface area contributed by atoms with Gasteiger partial charge in [-0.15, -0.1) is 0 Å². The number of nitrogens with zero attached hydrogens (tertiary/aromatic N) is 1. The Morgan fingerprint density at radius 3 is 2.53 bits per heavy atom. The van der Waals surface area contributed by atoms with Gasteiger partial charge in [0.2, 0.25) is 0 Å². The molecular weight excluding hydrogens is 241 g/mol. The Balaban J connectivity index is 2.93. The largest absolute Gasteiger partial charge is 0.397 e. The summed E-state index contributed by atoms with van der Waals surface area (Å²) in [5, 5.41) is -0.0588. The lowest BCUT2D eigenvalue weighted by Gasteiger charge is -2.22. The Labute approximate surface area is 107 Å². The van der Waals surface area contributed by atoms with Crippen LogP contribution in [0.5, 0.6) is 0 Å². The fourth-order valence-electron chi connectivity index (χ4n) is 1.76. The molecule has 0 fully saturated rings. The Morgan fingerprint density at radius 2 is 1.94 bits per heavy atom. The van der Waals surface area contributed by atoms with Crippen LogP contribution < -0.4 is 16.4 Å². The lowest BCUT2D eigenvalue weighted by molar-refractivity contribution is 0.619. The highest BCUT2D eigenvalue weighted by Crippen LogP contribution is 2.35. The van der Waals surface area contributed by atoms with E-state index in [1.54, 1.807) is 11.9 Å². The summed E-state index contributed by atoms with van der Waals surface area (Å²) in [4.78, 5) is 1.78. The second kappa shape index (κ2) is 5.96. The third kappa shape index (κ3) is 3.16. The maximum Gasteiger partial charge on any atom is 0.169 e. The van der Waals surface area contributed by atoms with E-state index in [2.05, 4.69) is 6.92 Å². The smallest absolute Gasteiger partial charge is 0.169 e. The standard InChI is InChI=1S/C12H19ClFN3/c1-3-4-5-6-17(2)12-9(16)7-8(15)10(13)11(12)14/h7H,3-6,15-16H2,1-2H3. The van der Waals surface area contributed by atoms with Crippen LogP contribution in [0.1, 0.15) is 26.2 Å². The van der Waals surface area contributed by atoms with E-state index in [0.29, 0.717) is 11.4 Å². The molecular formula is C12H19ClFN3. The molecule has 0 saturated carbocycles. The summed E-state index contributed by atoms with van der Waals surface area (Å²) in [6.07, 6.45) is 3.22. The van der Waals surface area contributed by atoms with E-state index in [9.17, 15) is 4.39 Å². The van der Waals surface area contributed by atoms with Crippen LogP contribution in [-0.4, -0.2) is 13.6 Å². The molecule has 0 aliphatic rings. The molecule has 4 N–H and O–H groups in total. The van der Waals surface area contributed by atoms with Crippen molar-refractivity contribution >= 4 is 28.7 Å². The van der Waals surface area contributed by atoms with Gasteiger partial charge in [-0.05, 0) is 12.5 Å². The number of hydrogen-bond donors (Lipinski definition) is 2. The molecule has 5 heteroatoms. The summed E-state index contributed by atoms with van der Waals surface area (Å²) < 4.78 is 13.9. The Bertz CT molecular complexity index is 396. The van der Waals surface area contributed by atoms with Crippen LogP contribution in [0, 0.1) is 5.82 Å². The Hall–Kier alpha value is -1.16. The van der Waals surface area contributed by atoms with Crippen molar-refractivity contribution in [2.45, 2.75) is 26.2 Å². The highest BCUT2D eigenvalue weighted by molar-refractivity contribution is 6.33. The van der Waals surface area contributed by atoms with E-state index in [1.807, 2.05) is 0 Å². The molecule has 0 radical (unpaired) electrons. The Morgan fingerprint density at radius 1 is 1.29 bits per heavy atom. The van der Waals surface area contributed by atoms with E-state index < -0.39 is 5.82 Å². The van der Waals surface area contributed by atoms with Crippen molar-refractivity contribution in [2.24, 2.45) is 0 Å². The summed E-state index contributed by atoms with van der Waals surface area (Å²) in [7, 11) is 1.80. The minimum absolute atomic E-state index is 0.0588. The predicted octanol–water partition coefficient (Wildman–Crippen LogP) is 3.27. The van der Waals surface area contributed by atoms with Gasteiger partial charge in [0.05, 0.1) is 17.1 Å². The maximum atomic E-state index is 13.9. The minimum Gasteiger partial charge on any atom is -0.397 e. The van der Waals surface area contributed by atoms with Gasteiger partial charge in [-0.1, -0.05) is 31.4 Å². The third-order valence-electron chi connectivity index (χ3n) is 2.72. The summed E-state index contributed by atoms with van der Waals surface area (Å²) in [6.45, 7) is 2.87. The monoisotopic (exact) mass is 259 g/mol. The summed E-state index contributed by atoms with van der Waals surface area (Å²) >= 11 is 5.78. The average Bonchev–Trinajstić information content (AvgIpc) is 2.26. The van der Waals surface area contributed by atoms with Crippen molar-refractivity contribution in [1.82, 2.24) is 0 Å². The van der Waals surface area contributed by atoms with E-state index in [4.69, 9.17) is 23.1 Å². The van der Waals surface area contributed by atoms with Gasteiger partial charge in [0, 0.05) is 13.6 Å². The first kappa shape index (κ1) is 13.9. The van der Waals surface area contributed by atoms with Crippen LogP contribution in [0.3, 0.4) is 0 Å². The summed E-state index contributed by atoms with van der Waals surface area (Å²) in [5.41, 5.74) is 12.1. The third-order valence-corrected chi connectivity index (χ3v) is 3.10. The van der Waals surface area contributed by atoms with Gasteiger partial charge >= 0.3 is 0 Å². The number of nitrogen functional groups attached to an aromatic ring is 2. The molecule has 0 saturated heterocycles. The normalized spacial score (nSPS) is 10.6. The molecule has 0 spiro atoms. The molecule has 96 valence electrons. The molecule has 0 atom stereocenters. The molecule has 3 nitrogen and oxygen atoms in total. The lowest BCUT2D eigenvalue weighted by Crippen LogP contribution is -2.21. The van der Waals surface area contributed by atoms with Crippen LogP contribution in [0.4, 0.5) is 21.5 Å². The molecule has 0 aliphatic carbocycles. The fraction of sp³-hybridized carbons (Fsp3) is 0.500. The minimum atomic E-state index is -0.539. The highest BCUT2D eigenvalue weighted by Gasteiger charge is 2.17. The molecule has 0 aliphatic heterocycles. The number of anilines is 3. The first-order chi connectivity index (χ1) is 7.99. The number of nitrogens with two attached hydrogens (primary N) is 2. The van der Waals surface area contributed by atoms with Gasteiger partial charge in [-0.25, -0.2) is 4.39 Å². The molecule has 17 heavy (non-hydrogen) atoms. The zero-order valence-electron chi connectivity index (χ0n) is 10.3. The molecule has 1 aromatic carbocycles. The van der Waals surface area contributed by atoms with Crippen molar-refractivity contribution in [3.8, 4) is 0 Å². The van der Waals surface area contributed by atoms with Gasteiger partial charge in [0.25, 0.3) is 0 Å². The van der Waals surface area contributed by atoms with Crippen molar-refractivity contribution in [3.63, 3.8) is 0 Å². The number of rotatable bonds is 5. The van der Waals surface area contributed by atoms with E-state index in [0.717, 1.165) is 25.8 Å². The number of hydrogen-bond acceptors (Lipinski definition) is 3. The number of unbranched alkanes of at least 4 members (excludes halogenated alkanes) is 2. The molecule has 1 aromatic rings. The number of benzene rings is 1. The molecule has 0 amide bonds. The van der Waals surface area contributed by atoms with Crippen LogP contribution >= 0.6 is 11.6 Å². The topological polar surface area (TPSA) is 55.3 Å². The average molecular weight is 260 g/mol. The van der Waals surface area contributed by atoms with E-state index >= 15 is 0 Å². The van der Waals surface area contributed by atoms with Crippen LogP contribution in [0.15, 0.2) is 6.07 Å². The first-order valence-corrected chi connectivity index (χ1v) is 6.10. The summed E-state index contributed by atoms with van der Waals surface area (Å²) in [5.74, 6) is -0.539. The van der Waals surface area contributed by atoms with Crippen molar-refractivity contribution in [2.75, 3.05) is 30.0 Å². The first-order valence-electron chi connectivity index (χ1n) is 5.73. The zero-order chi connectivity index (χ0) is 13.0. The van der Waals surface area contributed by atoms with Gasteiger partial charge in [0.15, 0.2) is 5.82 Å². The van der Waals surface area contributed by atoms with Gasteiger partial charge < -0.3 is 16.4 Å². The SMILES string of the molecule is CCCCCN(C)c1c(N)cc(N)c(Cl)c1F. The quantitative estimate of drug-likeness (QED) is 0.630. The lowest BCUT2D eigenvalue weighted by atomic mass is 10.2. The van der Waals surface area contributed by atoms with Gasteiger partial charge in [0.1, 0.15) is 5.02 Å². The van der Waals surface area contributed by atoms with Crippen molar-refractivity contribution in [3.05, 3.63) is 16.9 Å². The Kier molecular flexibility index (Phi) is 4.87. The molecule has 0 aromatic heterocycles. The maximum absolute atomic E-state index is 13.9. The summed E-state index contributed by atoms with van der Waals surface area (Å²) in [6, 6.07) is 1.50. The zero-order valence-corrected chi connectivity index (χ0v) is 11.0. The highest BCUT2D eigenvalue weighted by atomic mass is 35.5. The second-order valence-corrected chi connectivity index (χ2v) is 4.54. The van der Waals surface area contributed by atoms with Gasteiger partial charge in [-0.2, -0.15) is 0 Å². The van der Waals surface area contributed by atoms with Crippen molar-refractivity contribution < 1.29 is 4.39 Å². The van der Waals surface area contributed by atoms with Crippen LogP contribution in [0.25, 0.3) is 0 Å². The predicted molar refractivity (Wildman–Crippen MR) is 73.0 cm³/mol. The van der Waals surface area contributed by atoms with E-state index in [1.165, 1.54) is 6.07 Å². The van der Waals surface area contributed by atoms with Crippen LogP contribution in [-0.2, 0) is 0 Å². The van der Waals surface area contributed by atoms with Gasteiger partial charge in [-0.3, -0.25) is 0 Å². The number of halogens is 2. The molecule has 0 bridgehead atoms. The second-order valence-electron chi connectivity index (χ2n) is 4.16.